The molecular formula is C10H16N6O3. The number of nitrogens with one attached hydrogen (secondary N) is 1. The second kappa shape index (κ2) is 5.33. The van der Waals surface area contributed by atoms with E-state index in [-0.39, 0.29) is 35.8 Å². The highest BCUT2D eigenvalue weighted by molar-refractivity contribution is 5.63. The molecule has 0 spiro atoms. The molecular weight excluding hydrogens is 252 g/mol. The molecule has 0 radical (unpaired) electrons. The fraction of sp³-hybridized carbons (Fsp3) is 0.600. The van der Waals surface area contributed by atoms with E-state index in [4.69, 9.17) is 5.84 Å². The molecule has 1 unspecified atom stereocenters. The number of nitrogen functional groups attached to an aromatic ring is 1. The van der Waals surface area contributed by atoms with Crippen LogP contribution in [0.2, 0.25) is 0 Å². The predicted molar refractivity (Wildman–Crippen MR) is 68.7 cm³/mol. The number of aryl methyl sites for hydroxylation is 1. The predicted octanol–water partition coefficient (Wildman–Crippen LogP) is -0.0601. The van der Waals surface area contributed by atoms with Crippen molar-refractivity contribution in [3.63, 3.8) is 0 Å². The van der Waals surface area contributed by atoms with Gasteiger partial charge in [0.25, 0.3) is 0 Å². The Labute approximate surface area is 109 Å². The molecule has 1 aliphatic heterocycles. The summed E-state index contributed by atoms with van der Waals surface area (Å²) in [5, 5.41) is 20.5. The van der Waals surface area contributed by atoms with Gasteiger partial charge in [-0.05, 0) is 19.8 Å². The summed E-state index contributed by atoms with van der Waals surface area (Å²) in [6.07, 6.45) is 1.64. The number of aromatic nitrogens is 2. The molecule has 1 atom stereocenters. The molecule has 1 aromatic rings. The largest absolute Gasteiger partial charge is 0.394 e. The lowest BCUT2D eigenvalue weighted by molar-refractivity contribution is -0.385. The van der Waals surface area contributed by atoms with Crippen molar-refractivity contribution in [3.05, 3.63) is 15.8 Å². The van der Waals surface area contributed by atoms with Crippen molar-refractivity contribution in [2.75, 3.05) is 23.5 Å². The third-order valence-corrected chi connectivity index (χ3v) is 3.21. The van der Waals surface area contributed by atoms with Crippen molar-refractivity contribution >= 4 is 17.5 Å². The molecule has 1 fully saturated rings. The van der Waals surface area contributed by atoms with Crippen LogP contribution in [0.4, 0.5) is 17.5 Å². The number of nitrogens with zero attached hydrogens (tertiary/aromatic N) is 4. The first kappa shape index (κ1) is 13.4. The Morgan fingerprint density at radius 1 is 1.63 bits per heavy atom. The molecule has 2 heterocycles. The summed E-state index contributed by atoms with van der Waals surface area (Å²) in [6.45, 7) is 2.09. The number of anilines is 2. The van der Waals surface area contributed by atoms with Gasteiger partial charge in [-0.15, -0.1) is 0 Å². The van der Waals surface area contributed by atoms with Gasteiger partial charge in [0.1, 0.15) is 5.69 Å². The Kier molecular flexibility index (Phi) is 3.76. The lowest BCUT2D eigenvalue weighted by Crippen LogP contribution is -2.34. The van der Waals surface area contributed by atoms with Crippen LogP contribution in [0.15, 0.2) is 0 Å². The molecule has 0 aliphatic carbocycles. The third-order valence-electron chi connectivity index (χ3n) is 3.21. The molecule has 0 bridgehead atoms. The number of hydrazine groups is 1. The average molecular weight is 268 g/mol. The second-order valence-electron chi connectivity index (χ2n) is 4.38. The highest BCUT2D eigenvalue weighted by Crippen LogP contribution is 2.34. The van der Waals surface area contributed by atoms with Crippen LogP contribution in [0, 0.1) is 17.0 Å². The zero-order valence-electron chi connectivity index (χ0n) is 10.5. The maximum atomic E-state index is 11.2. The van der Waals surface area contributed by atoms with Crippen LogP contribution in [0.5, 0.6) is 0 Å². The summed E-state index contributed by atoms with van der Waals surface area (Å²) in [4.78, 5) is 20.4. The van der Waals surface area contributed by atoms with Crippen molar-refractivity contribution in [3.8, 4) is 0 Å². The van der Waals surface area contributed by atoms with E-state index in [0.717, 1.165) is 12.8 Å². The van der Waals surface area contributed by atoms with Crippen LogP contribution in [0.1, 0.15) is 18.5 Å². The Hall–Kier alpha value is -2.00. The third kappa shape index (κ3) is 2.42. The molecule has 19 heavy (non-hydrogen) atoms. The maximum Gasteiger partial charge on any atom is 0.332 e. The summed E-state index contributed by atoms with van der Waals surface area (Å²) < 4.78 is 0. The summed E-state index contributed by atoms with van der Waals surface area (Å²) in [7, 11) is 0. The van der Waals surface area contributed by atoms with E-state index in [9.17, 15) is 15.2 Å². The Morgan fingerprint density at radius 3 is 2.95 bits per heavy atom. The molecule has 2 rings (SSSR count). The van der Waals surface area contributed by atoms with Crippen molar-refractivity contribution in [2.45, 2.75) is 25.8 Å². The van der Waals surface area contributed by atoms with Gasteiger partial charge in [-0.1, -0.05) is 0 Å². The van der Waals surface area contributed by atoms with E-state index in [1.54, 1.807) is 4.90 Å². The topological polar surface area (TPSA) is 130 Å². The number of hydrogen-bond acceptors (Lipinski definition) is 8. The Morgan fingerprint density at radius 2 is 2.37 bits per heavy atom. The van der Waals surface area contributed by atoms with Crippen LogP contribution in [-0.2, 0) is 0 Å². The van der Waals surface area contributed by atoms with Crippen molar-refractivity contribution in [1.29, 1.82) is 0 Å². The molecule has 0 amide bonds. The molecule has 104 valence electrons. The van der Waals surface area contributed by atoms with E-state index in [1.165, 1.54) is 6.92 Å². The van der Waals surface area contributed by atoms with Crippen LogP contribution in [0.25, 0.3) is 0 Å². The lowest BCUT2D eigenvalue weighted by atomic mass is 10.2. The fourth-order valence-corrected chi connectivity index (χ4v) is 2.33. The minimum absolute atomic E-state index is 0.0639. The van der Waals surface area contributed by atoms with Gasteiger partial charge in [0.2, 0.25) is 11.8 Å². The van der Waals surface area contributed by atoms with Crippen LogP contribution < -0.4 is 16.2 Å². The summed E-state index contributed by atoms with van der Waals surface area (Å²) in [6, 6.07) is -0.154. The maximum absolute atomic E-state index is 11.2. The van der Waals surface area contributed by atoms with Gasteiger partial charge in [0.15, 0.2) is 0 Å². The van der Waals surface area contributed by atoms with Crippen LogP contribution in [-0.4, -0.2) is 39.2 Å². The molecule has 1 saturated heterocycles. The molecule has 1 aromatic heterocycles. The van der Waals surface area contributed by atoms with Crippen LogP contribution in [0.3, 0.4) is 0 Å². The Bertz CT molecular complexity index is 494. The van der Waals surface area contributed by atoms with Gasteiger partial charge < -0.3 is 10.0 Å². The first-order chi connectivity index (χ1) is 9.08. The standard InChI is InChI=1S/C10H16N6O3/c1-6-8(16(18)19)9(13-10(12-6)14-11)15-4-2-3-7(15)5-17/h7,17H,2-5,11H2,1H3,(H,12,13,14). The van der Waals surface area contributed by atoms with Gasteiger partial charge in [0, 0.05) is 6.54 Å². The molecule has 1 aliphatic rings. The number of hydrogen-bond donors (Lipinski definition) is 3. The van der Waals surface area contributed by atoms with E-state index in [0.29, 0.717) is 6.54 Å². The summed E-state index contributed by atoms with van der Waals surface area (Å²) in [5.41, 5.74) is 2.40. The van der Waals surface area contributed by atoms with Crippen molar-refractivity contribution in [1.82, 2.24) is 9.97 Å². The number of aliphatic hydroxyl groups is 1. The SMILES string of the molecule is Cc1nc(NN)nc(N2CCCC2CO)c1[N+](=O)[O-]. The fourth-order valence-electron chi connectivity index (χ4n) is 2.33. The number of aliphatic hydroxyl groups excluding tert-OH is 1. The molecule has 9 nitrogen and oxygen atoms in total. The lowest BCUT2D eigenvalue weighted by Gasteiger charge is -2.24. The molecule has 0 aromatic carbocycles. The smallest absolute Gasteiger partial charge is 0.332 e. The average Bonchev–Trinajstić information content (AvgIpc) is 2.85. The number of rotatable bonds is 4. The molecule has 0 saturated carbocycles. The van der Waals surface area contributed by atoms with Gasteiger partial charge in [0.05, 0.1) is 17.6 Å². The van der Waals surface area contributed by atoms with E-state index >= 15 is 0 Å². The first-order valence-corrected chi connectivity index (χ1v) is 5.95. The highest BCUT2D eigenvalue weighted by atomic mass is 16.6. The van der Waals surface area contributed by atoms with Crippen LogP contribution >= 0.6 is 0 Å². The summed E-state index contributed by atoms with van der Waals surface area (Å²) in [5.74, 6) is 5.60. The van der Waals surface area contributed by atoms with E-state index in [1.807, 2.05) is 0 Å². The van der Waals surface area contributed by atoms with Gasteiger partial charge in [-0.25, -0.2) is 10.8 Å². The van der Waals surface area contributed by atoms with E-state index in [2.05, 4.69) is 15.4 Å². The van der Waals surface area contributed by atoms with Crippen molar-refractivity contribution in [2.24, 2.45) is 5.84 Å². The van der Waals surface area contributed by atoms with Gasteiger partial charge >= 0.3 is 5.69 Å². The molecule has 9 heteroatoms. The quantitative estimate of drug-likeness (QED) is 0.393. The Balaban J connectivity index is 2.52. The summed E-state index contributed by atoms with van der Waals surface area (Å²) >= 11 is 0. The number of nitrogens with two attached hydrogens (primary N) is 1. The minimum Gasteiger partial charge on any atom is -0.394 e. The zero-order chi connectivity index (χ0) is 14.0. The van der Waals surface area contributed by atoms with Crippen molar-refractivity contribution < 1.29 is 10.0 Å². The first-order valence-electron chi connectivity index (χ1n) is 5.95. The zero-order valence-corrected chi connectivity index (χ0v) is 10.5. The highest BCUT2D eigenvalue weighted by Gasteiger charge is 2.33. The molecule has 4 N–H and O–H groups in total. The van der Waals surface area contributed by atoms with E-state index < -0.39 is 4.92 Å². The minimum atomic E-state index is -0.502. The normalized spacial score (nSPS) is 18.7. The van der Waals surface area contributed by atoms with Gasteiger partial charge in [-0.2, -0.15) is 4.98 Å². The second-order valence-corrected chi connectivity index (χ2v) is 4.38. The van der Waals surface area contributed by atoms with Gasteiger partial charge in [-0.3, -0.25) is 15.5 Å². The monoisotopic (exact) mass is 268 g/mol. The number of nitro groups is 1.